The summed E-state index contributed by atoms with van der Waals surface area (Å²) in [6.45, 7) is 1.39. The summed E-state index contributed by atoms with van der Waals surface area (Å²) in [6.07, 6.45) is 1.57. The molecule has 0 radical (unpaired) electrons. The molecule has 0 bridgehead atoms. The maximum Gasteiger partial charge on any atom is 0.228 e. The van der Waals surface area contributed by atoms with Gasteiger partial charge in [0.1, 0.15) is 17.9 Å². The Morgan fingerprint density at radius 3 is 2.50 bits per heavy atom. The number of anilines is 2. The second-order valence-electron chi connectivity index (χ2n) is 5.87. The number of carbonyl (C=O) groups is 2. The van der Waals surface area contributed by atoms with Gasteiger partial charge in [0, 0.05) is 23.2 Å². The third kappa shape index (κ3) is 5.62. The van der Waals surface area contributed by atoms with Crippen LogP contribution in [0.3, 0.4) is 0 Å². The minimum atomic E-state index is -0.229. The SMILES string of the molecule is CC(=O)Nc1cc(Oc2ccc(NC(=O)Cc3ccccc3Br)cc2)ncn1. The summed E-state index contributed by atoms with van der Waals surface area (Å²) >= 11 is 3.44. The number of nitrogens with zero attached hydrogens (tertiary/aromatic N) is 2. The van der Waals surface area contributed by atoms with E-state index in [-0.39, 0.29) is 18.2 Å². The van der Waals surface area contributed by atoms with Gasteiger partial charge in [0.2, 0.25) is 17.7 Å². The number of hydrogen-bond donors (Lipinski definition) is 2. The summed E-state index contributed by atoms with van der Waals surface area (Å²) in [5, 5.41) is 5.42. The molecule has 28 heavy (non-hydrogen) atoms. The van der Waals surface area contributed by atoms with Crippen LogP contribution in [0.15, 0.2) is 65.4 Å². The zero-order valence-electron chi connectivity index (χ0n) is 15.0. The van der Waals surface area contributed by atoms with Crippen molar-refractivity contribution in [2.75, 3.05) is 10.6 Å². The molecule has 1 heterocycles. The highest BCUT2D eigenvalue weighted by molar-refractivity contribution is 9.10. The largest absolute Gasteiger partial charge is 0.439 e. The van der Waals surface area contributed by atoms with E-state index in [0.717, 1.165) is 10.0 Å². The predicted octanol–water partition coefficient (Wildman–Crippen LogP) is 4.17. The summed E-state index contributed by atoms with van der Waals surface area (Å²) in [4.78, 5) is 31.3. The van der Waals surface area contributed by atoms with Crippen molar-refractivity contribution in [3.63, 3.8) is 0 Å². The van der Waals surface area contributed by atoms with Gasteiger partial charge in [-0.05, 0) is 35.9 Å². The molecule has 0 unspecified atom stereocenters. The van der Waals surface area contributed by atoms with E-state index in [1.165, 1.54) is 19.3 Å². The van der Waals surface area contributed by atoms with Crippen LogP contribution < -0.4 is 15.4 Å². The lowest BCUT2D eigenvalue weighted by molar-refractivity contribution is -0.116. The lowest BCUT2D eigenvalue weighted by atomic mass is 10.1. The van der Waals surface area contributed by atoms with Gasteiger partial charge in [-0.3, -0.25) is 9.59 Å². The Morgan fingerprint density at radius 2 is 1.79 bits per heavy atom. The van der Waals surface area contributed by atoms with E-state index >= 15 is 0 Å². The van der Waals surface area contributed by atoms with Crippen molar-refractivity contribution < 1.29 is 14.3 Å². The smallest absolute Gasteiger partial charge is 0.228 e. The Balaban J connectivity index is 1.60. The Labute approximate surface area is 170 Å². The molecule has 8 heteroatoms. The Morgan fingerprint density at radius 1 is 1.04 bits per heavy atom. The van der Waals surface area contributed by atoms with E-state index in [1.807, 2.05) is 24.3 Å². The monoisotopic (exact) mass is 440 g/mol. The van der Waals surface area contributed by atoms with Gasteiger partial charge >= 0.3 is 0 Å². The fraction of sp³-hybridized carbons (Fsp3) is 0.100. The van der Waals surface area contributed by atoms with Crippen molar-refractivity contribution >= 4 is 39.2 Å². The maximum atomic E-state index is 12.2. The van der Waals surface area contributed by atoms with Crippen molar-refractivity contribution in [3.05, 3.63) is 71.0 Å². The molecule has 142 valence electrons. The van der Waals surface area contributed by atoms with Gasteiger partial charge in [-0.25, -0.2) is 9.97 Å². The van der Waals surface area contributed by atoms with Gasteiger partial charge in [0.05, 0.1) is 6.42 Å². The second-order valence-corrected chi connectivity index (χ2v) is 6.72. The highest BCUT2D eigenvalue weighted by atomic mass is 79.9. The maximum absolute atomic E-state index is 12.2. The minimum absolute atomic E-state index is 0.115. The van der Waals surface area contributed by atoms with Crippen molar-refractivity contribution in [2.24, 2.45) is 0 Å². The van der Waals surface area contributed by atoms with Gasteiger partial charge in [-0.1, -0.05) is 34.1 Å². The summed E-state index contributed by atoms with van der Waals surface area (Å²) in [5.74, 6) is 0.845. The zero-order chi connectivity index (χ0) is 19.9. The first-order valence-corrected chi connectivity index (χ1v) is 9.20. The molecule has 2 aromatic carbocycles. The number of nitrogens with one attached hydrogen (secondary N) is 2. The van der Waals surface area contributed by atoms with Crippen LogP contribution in [-0.4, -0.2) is 21.8 Å². The van der Waals surface area contributed by atoms with Crippen molar-refractivity contribution in [3.8, 4) is 11.6 Å². The Hall–Kier alpha value is -3.26. The fourth-order valence-electron chi connectivity index (χ4n) is 2.39. The van der Waals surface area contributed by atoms with Crippen LogP contribution in [0.25, 0.3) is 0 Å². The predicted molar refractivity (Wildman–Crippen MR) is 109 cm³/mol. The average Bonchev–Trinajstić information content (AvgIpc) is 2.65. The Bertz CT molecular complexity index is 993. The number of carbonyl (C=O) groups excluding carboxylic acids is 2. The molecule has 0 aliphatic heterocycles. The topological polar surface area (TPSA) is 93.2 Å². The molecule has 3 aromatic rings. The number of ether oxygens (including phenoxy) is 1. The third-order valence-corrected chi connectivity index (χ3v) is 4.39. The molecule has 0 spiro atoms. The van der Waals surface area contributed by atoms with Crippen molar-refractivity contribution in [1.29, 1.82) is 0 Å². The first-order chi connectivity index (χ1) is 13.5. The number of rotatable bonds is 6. The third-order valence-electron chi connectivity index (χ3n) is 3.62. The molecule has 2 N–H and O–H groups in total. The van der Waals surface area contributed by atoms with Gasteiger partial charge in [0.25, 0.3) is 0 Å². The van der Waals surface area contributed by atoms with Crippen LogP contribution in [0, 0.1) is 0 Å². The van der Waals surface area contributed by atoms with Crippen LogP contribution in [0.2, 0.25) is 0 Å². The molecule has 3 rings (SSSR count). The van der Waals surface area contributed by atoms with Crippen LogP contribution in [0.5, 0.6) is 11.6 Å². The molecule has 7 nitrogen and oxygen atoms in total. The average molecular weight is 441 g/mol. The molecule has 0 saturated carbocycles. The van der Waals surface area contributed by atoms with Gasteiger partial charge in [-0.15, -0.1) is 0 Å². The first-order valence-electron chi connectivity index (χ1n) is 8.40. The molecule has 0 aliphatic rings. The van der Waals surface area contributed by atoms with Crippen molar-refractivity contribution in [2.45, 2.75) is 13.3 Å². The van der Waals surface area contributed by atoms with Crippen LogP contribution in [0.1, 0.15) is 12.5 Å². The highest BCUT2D eigenvalue weighted by Crippen LogP contribution is 2.23. The standard InChI is InChI=1S/C20H17BrN4O3/c1-13(26)24-18-11-20(23-12-22-18)28-16-8-6-15(7-9-16)25-19(27)10-14-4-2-3-5-17(14)21/h2-9,11-12H,10H2,1H3,(H,25,27)(H,22,23,24,26). The van der Waals surface area contributed by atoms with Gasteiger partial charge < -0.3 is 15.4 Å². The number of halogens is 1. The summed E-state index contributed by atoms with van der Waals surface area (Å²) in [6, 6.07) is 16.0. The number of aromatic nitrogens is 2. The van der Waals surface area contributed by atoms with Gasteiger partial charge in [-0.2, -0.15) is 0 Å². The molecule has 0 atom stereocenters. The van der Waals surface area contributed by atoms with E-state index in [1.54, 1.807) is 24.3 Å². The number of benzene rings is 2. The molecule has 0 saturated heterocycles. The van der Waals surface area contributed by atoms with Crippen molar-refractivity contribution in [1.82, 2.24) is 9.97 Å². The lowest BCUT2D eigenvalue weighted by Gasteiger charge is -2.09. The normalized spacial score (nSPS) is 10.2. The lowest BCUT2D eigenvalue weighted by Crippen LogP contribution is -2.14. The fourth-order valence-corrected chi connectivity index (χ4v) is 2.82. The van der Waals surface area contributed by atoms with Crippen LogP contribution in [-0.2, 0) is 16.0 Å². The van der Waals surface area contributed by atoms with E-state index in [0.29, 0.717) is 23.1 Å². The van der Waals surface area contributed by atoms with E-state index in [4.69, 9.17) is 4.74 Å². The summed E-state index contributed by atoms with van der Waals surface area (Å²) in [5.41, 5.74) is 1.57. The number of hydrogen-bond acceptors (Lipinski definition) is 5. The highest BCUT2D eigenvalue weighted by Gasteiger charge is 2.08. The summed E-state index contributed by atoms with van der Waals surface area (Å²) < 4.78 is 6.55. The molecule has 0 fully saturated rings. The Kier molecular flexibility index (Phi) is 6.33. The minimum Gasteiger partial charge on any atom is -0.439 e. The molecule has 1 aromatic heterocycles. The molecular weight excluding hydrogens is 424 g/mol. The summed E-state index contributed by atoms with van der Waals surface area (Å²) in [7, 11) is 0. The molecule has 2 amide bonds. The quantitative estimate of drug-likeness (QED) is 0.599. The zero-order valence-corrected chi connectivity index (χ0v) is 16.6. The molecular formula is C20H17BrN4O3. The van der Waals surface area contributed by atoms with E-state index in [9.17, 15) is 9.59 Å². The van der Waals surface area contributed by atoms with Crippen LogP contribution in [0.4, 0.5) is 11.5 Å². The first kappa shape index (κ1) is 19.5. The second kappa shape index (κ2) is 9.09. The number of amides is 2. The van der Waals surface area contributed by atoms with E-state index < -0.39 is 0 Å². The molecule has 0 aliphatic carbocycles. The van der Waals surface area contributed by atoms with Crippen LogP contribution >= 0.6 is 15.9 Å². The van der Waals surface area contributed by atoms with Gasteiger partial charge in [0.15, 0.2) is 0 Å². The van der Waals surface area contributed by atoms with E-state index in [2.05, 4.69) is 36.5 Å².